The Morgan fingerprint density at radius 2 is 1.66 bits per heavy atom. The molecule has 196 valence electrons. The van der Waals surface area contributed by atoms with Gasteiger partial charge in [-0.1, -0.05) is 53.2 Å². The molecule has 9 nitrogen and oxygen atoms in total. The monoisotopic (exact) mass is 551 g/mol. The lowest BCUT2D eigenvalue weighted by atomic mass is 10.1. The minimum atomic E-state index is -0.319. The summed E-state index contributed by atoms with van der Waals surface area (Å²) in [5.74, 6) is 1.97. The number of aryl methyl sites for hydroxylation is 1. The van der Waals surface area contributed by atoms with Gasteiger partial charge < -0.3 is 14.2 Å². The van der Waals surface area contributed by atoms with E-state index in [4.69, 9.17) is 25.8 Å². The summed E-state index contributed by atoms with van der Waals surface area (Å²) in [5.41, 5.74) is 5.97. The summed E-state index contributed by atoms with van der Waals surface area (Å²) in [5, 5.41) is 14.0. The molecule has 4 aromatic rings. The molecule has 0 unspecified atom stereocenters. The second-order valence-corrected chi connectivity index (χ2v) is 9.39. The van der Waals surface area contributed by atoms with Gasteiger partial charge in [-0.05, 0) is 31.2 Å². The highest BCUT2D eigenvalue weighted by Gasteiger charge is 2.18. The summed E-state index contributed by atoms with van der Waals surface area (Å²) in [6, 6.07) is 18.8. The number of nitrogens with one attached hydrogen (secondary N) is 1. The van der Waals surface area contributed by atoms with Crippen molar-refractivity contribution < 1.29 is 19.0 Å². The first kappa shape index (κ1) is 27.0. The van der Waals surface area contributed by atoms with E-state index in [9.17, 15) is 4.79 Å². The van der Waals surface area contributed by atoms with Gasteiger partial charge in [0.15, 0.2) is 11.0 Å². The third-order valence-corrected chi connectivity index (χ3v) is 6.68. The van der Waals surface area contributed by atoms with Crippen molar-refractivity contribution in [2.75, 3.05) is 27.1 Å². The number of hydrogen-bond acceptors (Lipinski definition) is 8. The zero-order valence-corrected chi connectivity index (χ0v) is 22.8. The van der Waals surface area contributed by atoms with Gasteiger partial charge >= 0.3 is 0 Å². The smallest absolute Gasteiger partial charge is 0.250 e. The molecule has 0 aliphatic rings. The van der Waals surface area contributed by atoms with E-state index in [1.165, 1.54) is 32.2 Å². The van der Waals surface area contributed by atoms with E-state index in [0.717, 1.165) is 16.8 Å². The Morgan fingerprint density at radius 3 is 2.26 bits per heavy atom. The largest absolute Gasteiger partial charge is 0.496 e. The molecule has 38 heavy (non-hydrogen) atoms. The van der Waals surface area contributed by atoms with Crippen molar-refractivity contribution in [2.45, 2.75) is 12.1 Å². The molecule has 1 aromatic heterocycles. The molecule has 0 fully saturated rings. The lowest BCUT2D eigenvalue weighted by molar-refractivity contribution is -0.118. The molecule has 0 radical (unpaired) electrons. The standard InChI is InChI=1S/C27H26ClN5O4S/c1-17-5-7-18(8-6-17)26-31-32-27(33(26)20-11-9-19(28)10-12-20)38-16-25(34)30-29-15-22-23(36-3)13-21(35-2)14-24(22)37-4/h5-15H,16H2,1-4H3,(H,30,34). The Labute approximate surface area is 229 Å². The predicted molar refractivity (Wildman–Crippen MR) is 149 cm³/mol. The Bertz CT molecular complexity index is 1410. The van der Waals surface area contributed by atoms with Gasteiger partial charge in [-0.15, -0.1) is 10.2 Å². The number of thioether (sulfide) groups is 1. The third-order valence-electron chi connectivity index (χ3n) is 5.50. The van der Waals surface area contributed by atoms with Gasteiger partial charge in [0.1, 0.15) is 17.2 Å². The number of aromatic nitrogens is 3. The van der Waals surface area contributed by atoms with Crippen molar-refractivity contribution in [2.24, 2.45) is 5.10 Å². The number of carbonyl (C=O) groups is 1. The van der Waals surface area contributed by atoms with E-state index in [-0.39, 0.29) is 11.7 Å². The molecule has 0 aliphatic heterocycles. The van der Waals surface area contributed by atoms with Crippen LogP contribution >= 0.6 is 23.4 Å². The van der Waals surface area contributed by atoms with Gasteiger partial charge in [0.25, 0.3) is 5.91 Å². The first-order chi connectivity index (χ1) is 18.4. The summed E-state index contributed by atoms with van der Waals surface area (Å²) in [6.45, 7) is 2.02. The average molecular weight is 552 g/mol. The molecular weight excluding hydrogens is 526 g/mol. The molecule has 0 aliphatic carbocycles. The Kier molecular flexibility index (Phi) is 8.88. The van der Waals surface area contributed by atoms with Gasteiger partial charge in [0.2, 0.25) is 0 Å². The maximum atomic E-state index is 12.6. The zero-order valence-electron chi connectivity index (χ0n) is 21.3. The normalized spacial score (nSPS) is 11.0. The van der Waals surface area contributed by atoms with Gasteiger partial charge in [-0.2, -0.15) is 5.10 Å². The fourth-order valence-electron chi connectivity index (χ4n) is 3.57. The zero-order chi connectivity index (χ0) is 27.1. The second kappa shape index (κ2) is 12.5. The lowest BCUT2D eigenvalue weighted by Gasteiger charge is -2.12. The van der Waals surface area contributed by atoms with Crippen molar-refractivity contribution in [1.29, 1.82) is 0 Å². The van der Waals surface area contributed by atoms with E-state index in [1.807, 2.05) is 47.9 Å². The highest BCUT2D eigenvalue weighted by Crippen LogP contribution is 2.33. The van der Waals surface area contributed by atoms with E-state index in [0.29, 0.717) is 38.8 Å². The molecule has 0 saturated carbocycles. The number of halogens is 1. The molecule has 0 atom stereocenters. The molecule has 3 aromatic carbocycles. The van der Waals surface area contributed by atoms with Crippen LogP contribution in [0.3, 0.4) is 0 Å². The Hall–Kier alpha value is -4.02. The average Bonchev–Trinajstić information content (AvgIpc) is 3.36. The number of nitrogens with zero attached hydrogens (tertiary/aromatic N) is 4. The first-order valence-electron chi connectivity index (χ1n) is 11.5. The Balaban J connectivity index is 1.51. The fraction of sp³-hybridized carbons (Fsp3) is 0.185. The number of hydrogen-bond donors (Lipinski definition) is 1. The number of hydrazone groups is 1. The summed E-state index contributed by atoms with van der Waals surface area (Å²) < 4.78 is 18.0. The van der Waals surface area contributed by atoms with Gasteiger partial charge in [-0.25, -0.2) is 5.43 Å². The maximum absolute atomic E-state index is 12.6. The summed E-state index contributed by atoms with van der Waals surface area (Å²) in [4.78, 5) is 12.6. The van der Waals surface area contributed by atoms with Crippen LogP contribution in [0.15, 0.2) is 70.9 Å². The second-order valence-electron chi connectivity index (χ2n) is 8.01. The number of benzene rings is 3. The van der Waals surface area contributed by atoms with Crippen molar-refractivity contribution in [3.8, 4) is 34.3 Å². The van der Waals surface area contributed by atoms with Gasteiger partial charge in [-0.3, -0.25) is 9.36 Å². The van der Waals surface area contributed by atoms with Crippen LogP contribution in [0.25, 0.3) is 17.1 Å². The highest BCUT2D eigenvalue weighted by atomic mass is 35.5. The molecule has 0 saturated heterocycles. The molecular formula is C27H26ClN5O4S. The molecule has 4 rings (SSSR count). The van der Waals surface area contributed by atoms with Crippen LogP contribution in [0.4, 0.5) is 0 Å². The van der Waals surface area contributed by atoms with Crippen molar-refractivity contribution in [3.63, 3.8) is 0 Å². The van der Waals surface area contributed by atoms with Crippen LogP contribution in [-0.4, -0.2) is 54.0 Å². The van der Waals surface area contributed by atoms with Crippen LogP contribution < -0.4 is 19.6 Å². The summed E-state index contributed by atoms with van der Waals surface area (Å²) >= 11 is 7.35. The number of methoxy groups -OCH3 is 3. The van der Waals surface area contributed by atoms with Crippen LogP contribution in [0.2, 0.25) is 5.02 Å². The minimum Gasteiger partial charge on any atom is -0.496 e. The molecule has 1 N–H and O–H groups in total. The number of carbonyl (C=O) groups excluding carboxylic acids is 1. The van der Waals surface area contributed by atoms with Crippen LogP contribution in [-0.2, 0) is 4.79 Å². The predicted octanol–water partition coefficient (Wildman–Crippen LogP) is 5.16. The van der Waals surface area contributed by atoms with Crippen molar-refractivity contribution >= 4 is 35.5 Å². The van der Waals surface area contributed by atoms with Gasteiger partial charge in [0, 0.05) is 28.4 Å². The van der Waals surface area contributed by atoms with E-state index >= 15 is 0 Å². The third kappa shape index (κ3) is 6.27. The minimum absolute atomic E-state index is 0.0633. The number of amides is 1. The van der Waals surface area contributed by atoms with Crippen LogP contribution in [0.1, 0.15) is 11.1 Å². The van der Waals surface area contributed by atoms with E-state index < -0.39 is 0 Å². The molecule has 1 heterocycles. The van der Waals surface area contributed by atoms with Crippen molar-refractivity contribution in [1.82, 2.24) is 20.2 Å². The quantitative estimate of drug-likeness (QED) is 0.165. The fourth-order valence-corrected chi connectivity index (χ4v) is 4.44. The summed E-state index contributed by atoms with van der Waals surface area (Å²) in [6.07, 6.45) is 1.46. The van der Waals surface area contributed by atoms with Crippen LogP contribution in [0, 0.1) is 6.92 Å². The lowest BCUT2D eigenvalue weighted by Crippen LogP contribution is -2.20. The maximum Gasteiger partial charge on any atom is 0.250 e. The molecule has 1 amide bonds. The topological polar surface area (TPSA) is 99.9 Å². The molecule has 0 spiro atoms. The van der Waals surface area contributed by atoms with E-state index in [1.54, 1.807) is 31.4 Å². The molecule has 11 heteroatoms. The van der Waals surface area contributed by atoms with Gasteiger partial charge in [0.05, 0.1) is 38.9 Å². The highest BCUT2D eigenvalue weighted by molar-refractivity contribution is 7.99. The molecule has 0 bridgehead atoms. The SMILES string of the molecule is COc1cc(OC)c(C=NNC(=O)CSc2nnc(-c3ccc(C)cc3)n2-c2ccc(Cl)cc2)c(OC)c1. The van der Waals surface area contributed by atoms with Crippen molar-refractivity contribution in [3.05, 3.63) is 76.8 Å². The van der Waals surface area contributed by atoms with E-state index in [2.05, 4.69) is 20.7 Å². The number of rotatable bonds is 10. The van der Waals surface area contributed by atoms with Crippen LogP contribution in [0.5, 0.6) is 17.2 Å². The first-order valence-corrected chi connectivity index (χ1v) is 12.8. The number of ether oxygens (including phenoxy) is 3. The Morgan fingerprint density at radius 1 is 1.00 bits per heavy atom. The summed E-state index contributed by atoms with van der Waals surface area (Å²) in [7, 11) is 4.61.